The van der Waals surface area contributed by atoms with Crippen LogP contribution in [-0.2, 0) is 31.3 Å². The second-order valence-corrected chi connectivity index (χ2v) is 17.1. The van der Waals surface area contributed by atoms with E-state index < -0.39 is 15.7 Å². The van der Waals surface area contributed by atoms with Crippen LogP contribution in [0.25, 0.3) is 0 Å². The van der Waals surface area contributed by atoms with Gasteiger partial charge in [-0.05, 0) is 118 Å². The minimum absolute atomic E-state index is 0.0535. The topological polar surface area (TPSA) is 111 Å². The first-order chi connectivity index (χ1) is 25.1. The van der Waals surface area contributed by atoms with Crippen LogP contribution in [0.15, 0.2) is 95.2 Å². The number of nitrogens with one attached hydrogen (secondary N) is 2. The summed E-state index contributed by atoms with van der Waals surface area (Å²) < 4.78 is 32.8. The van der Waals surface area contributed by atoms with Gasteiger partial charge in [0, 0.05) is 68.4 Å². The number of sulfone groups is 1. The maximum absolute atomic E-state index is 13.4. The van der Waals surface area contributed by atoms with Gasteiger partial charge in [0.1, 0.15) is 6.10 Å². The smallest absolute Gasteiger partial charge is 0.407 e. The van der Waals surface area contributed by atoms with Crippen LogP contribution in [0, 0.1) is 17.8 Å². The number of amides is 2. The number of fused-ring (bicyclic) bond motifs is 1. The predicted octanol–water partition coefficient (Wildman–Crippen LogP) is 5.70. The van der Waals surface area contributed by atoms with Crippen LogP contribution in [0.5, 0.6) is 0 Å². The number of rotatable bonds is 10. The maximum atomic E-state index is 13.4. The molecule has 0 spiro atoms. The minimum Gasteiger partial charge on any atom is -0.446 e. The van der Waals surface area contributed by atoms with E-state index in [4.69, 9.17) is 4.74 Å². The molecule has 276 valence electrons. The van der Waals surface area contributed by atoms with Gasteiger partial charge >= 0.3 is 6.09 Å². The average Bonchev–Trinajstić information content (AvgIpc) is 3.61. The highest BCUT2D eigenvalue weighted by atomic mass is 32.2. The summed E-state index contributed by atoms with van der Waals surface area (Å²) in [5.41, 5.74) is 4.26. The number of ether oxygens (including phenoxy) is 1. The molecule has 0 bridgehead atoms. The summed E-state index contributed by atoms with van der Waals surface area (Å²) in [6, 6.07) is 22.4. The highest BCUT2D eigenvalue weighted by Crippen LogP contribution is 2.54. The third kappa shape index (κ3) is 7.10. The van der Waals surface area contributed by atoms with Crippen molar-refractivity contribution in [2.75, 3.05) is 63.6 Å². The summed E-state index contributed by atoms with van der Waals surface area (Å²) in [6.45, 7) is 10.5. The Morgan fingerprint density at radius 1 is 0.962 bits per heavy atom. The van der Waals surface area contributed by atoms with Gasteiger partial charge in [0.25, 0.3) is 0 Å². The quantitative estimate of drug-likeness (QED) is 0.256. The Kier molecular flexibility index (Phi) is 10.5. The zero-order valence-corrected chi connectivity index (χ0v) is 31.1. The number of hydrogen-bond donors (Lipinski definition) is 2. The predicted molar refractivity (Wildman–Crippen MR) is 203 cm³/mol. The second-order valence-electron chi connectivity index (χ2n) is 15.2. The van der Waals surface area contributed by atoms with Crippen molar-refractivity contribution >= 4 is 33.2 Å². The lowest BCUT2D eigenvalue weighted by Crippen LogP contribution is -2.58. The van der Waals surface area contributed by atoms with E-state index in [0.717, 1.165) is 89.7 Å². The van der Waals surface area contributed by atoms with Gasteiger partial charge in [-0.3, -0.25) is 4.79 Å². The molecule has 1 unspecified atom stereocenters. The van der Waals surface area contributed by atoms with Gasteiger partial charge in [-0.25, -0.2) is 13.2 Å². The summed E-state index contributed by atoms with van der Waals surface area (Å²) in [4.78, 5) is 31.9. The van der Waals surface area contributed by atoms with Crippen molar-refractivity contribution in [1.29, 1.82) is 0 Å². The van der Waals surface area contributed by atoms with Crippen LogP contribution in [-0.4, -0.2) is 89.7 Å². The molecule has 2 N–H and O–H groups in total. The van der Waals surface area contributed by atoms with Gasteiger partial charge in [0.15, 0.2) is 0 Å². The number of alkyl carbamates (subject to hydrolysis) is 1. The number of likely N-dealkylation sites (N-methyl/N-ethyl adjacent to an activating group) is 1. The number of nitrogens with zero attached hydrogens (tertiary/aromatic N) is 3. The van der Waals surface area contributed by atoms with Gasteiger partial charge in [0.05, 0.1) is 9.79 Å². The van der Waals surface area contributed by atoms with E-state index in [1.165, 1.54) is 23.3 Å². The molecular formula is C41H51N5O5S. The number of benzene rings is 3. The lowest BCUT2D eigenvalue weighted by Gasteiger charge is -2.54. The van der Waals surface area contributed by atoms with E-state index in [1.807, 2.05) is 12.1 Å². The third-order valence-corrected chi connectivity index (χ3v) is 13.7. The van der Waals surface area contributed by atoms with Crippen LogP contribution in [0.2, 0.25) is 0 Å². The van der Waals surface area contributed by atoms with Crippen molar-refractivity contribution in [2.45, 2.75) is 60.0 Å². The summed E-state index contributed by atoms with van der Waals surface area (Å²) >= 11 is 0. The molecule has 3 atom stereocenters. The molecule has 7 rings (SSSR count). The number of carbonyl (C=O) groups is 2. The normalized spacial score (nSPS) is 24.5. The molecule has 52 heavy (non-hydrogen) atoms. The molecule has 4 aliphatic rings. The number of piperidine rings is 1. The lowest BCUT2D eigenvalue weighted by molar-refractivity contribution is -0.111. The monoisotopic (exact) mass is 725 g/mol. The Morgan fingerprint density at radius 2 is 1.71 bits per heavy atom. The fraction of sp³-hybridized carbons (Fsp3) is 0.463. The minimum atomic E-state index is -3.75. The van der Waals surface area contributed by atoms with Crippen molar-refractivity contribution in [3.8, 4) is 0 Å². The van der Waals surface area contributed by atoms with Crippen LogP contribution in [0.4, 0.5) is 16.2 Å². The highest BCUT2D eigenvalue weighted by Gasteiger charge is 2.55. The molecular weight excluding hydrogens is 675 g/mol. The van der Waals surface area contributed by atoms with Crippen LogP contribution in [0.1, 0.15) is 43.2 Å². The SMILES string of the molecule is C=CC(=O)Nc1cccc(S(=O)(=O)c2ccc(N3CC(CN4CCC(C5([C@H]6CCC[C@@H]6OC(=O)NC)CN(C)Cc6ccccc65)CC4)C3)cc2)c1. The standard InChI is InChI=1S/C41H51N5O5S/c1-4-39(47)43-32-10-7-11-35(23-32)52(49,50)34-17-15-33(16-18-34)46-25-29(26-46)24-45-21-19-31(20-22-45)41(37-13-8-14-38(37)51-40(48)42-2)28-44(3)27-30-9-5-6-12-36(30)41/h4-7,9-12,15-18,23,29,31,37-38H,1,8,13-14,19-22,24-28H2,2-3H3,(H,42,48)(H,43,47)/t37-,38-,41?/m0/s1. The molecule has 3 heterocycles. The first kappa shape index (κ1) is 36.2. The zero-order chi connectivity index (χ0) is 36.5. The largest absolute Gasteiger partial charge is 0.446 e. The van der Waals surface area contributed by atoms with Gasteiger partial charge in [0.2, 0.25) is 15.7 Å². The third-order valence-electron chi connectivity index (χ3n) is 12.0. The Hall–Kier alpha value is -4.19. The number of likely N-dealkylation sites (tertiary alicyclic amines) is 1. The van der Waals surface area contributed by atoms with Crippen LogP contribution in [0.3, 0.4) is 0 Å². The van der Waals surface area contributed by atoms with Crippen molar-refractivity contribution in [1.82, 2.24) is 15.1 Å². The fourth-order valence-electron chi connectivity index (χ4n) is 9.61. The molecule has 0 radical (unpaired) electrons. The zero-order valence-electron chi connectivity index (χ0n) is 30.3. The molecule has 3 aromatic rings. The van der Waals surface area contributed by atoms with E-state index in [9.17, 15) is 18.0 Å². The number of hydrogen-bond acceptors (Lipinski definition) is 8. The van der Waals surface area contributed by atoms with Gasteiger partial charge < -0.3 is 30.1 Å². The summed E-state index contributed by atoms with van der Waals surface area (Å²) in [5, 5.41) is 5.31. The van der Waals surface area contributed by atoms with E-state index >= 15 is 0 Å². The van der Waals surface area contributed by atoms with Gasteiger partial charge in [-0.1, -0.05) is 36.9 Å². The Bertz CT molecular complexity index is 1890. The molecule has 1 aliphatic carbocycles. The summed E-state index contributed by atoms with van der Waals surface area (Å²) in [6.07, 6.45) is 6.09. The van der Waals surface area contributed by atoms with Crippen molar-refractivity contribution < 1.29 is 22.7 Å². The molecule has 3 aromatic carbocycles. The first-order valence-corrected chi connectivity index (χ1v) is 20.1. The van der Waals surface area contributed by atoms with Crippen molar-refractivity contribution in [3.63, 3.8) is 0 Å². The Labute approximate surface area is 308 Å². The van der Waals surface area contributed by atoms with E-state index in [-0.39, 0.29) is 27.4 Å². The summed E-state index contributed by atoms with van der Waals surface area (Å²) in [5.74, 6) is 0.963. The summed E-state index contributed by atoms with van der Waals surface area (Å²) in [7, 11) is 0.136. The van der Waals surface area contributed by atoms with E-state index in [0.29, 0.717) is 23.4 Å². The second kappa shape index (κ2) is 15.0. The van der Waals surface area contributed by atoms with Gasteiger partial charge in [-0.2, -0.15) is 0 Å². The van der Waals surface area contributed by atoms with Crippen LogP contribution >= 0.6 is 0 Å². The Balaban J connectivity index is 0.975. The number of carbonyl (C=O) groups excluding carboxylic acids is 2. The molecule has 11 heteroatoms. The number of anilines is 2. The maximum Gasteiger partial charge on any atom is 0.407 e. The van der Waals surface area contributed by atoms with Crippen molar-refractivity contribution in [2.24, 2.45) is 17.8 Å². The highest BCUT2D eigenvalue weighted by molar-refractivity contribution is 7.91. The molecule has 3 fully saturated rings. The fourth-order valence-corrected chi connectivity index (χ4v) is 10.9. The van der Waals surface area contributed by atoms with Gasteiger partial charge in [-0.15, -0.1) is 0 Å². The molecule has 10 nitrogen and oxygen atoms in total. The van der Waals surface area contributed by atoms with E-state index in [1.54, 1.807) is 31.3 Å². The van der Waals surface area contributed by atoms with E-state index in [2.05, 4.69) is 63.2 Å². The molecule has 3 aliphatic heterocycles. The lowest BCUT2D eigenvalue weighted by atomic mass is 9.56. The van der Waals surface area contributed by atoms with Crippen LogP contribution < -0.4 is 15.5 Å². The average molecular weight is 726 g/mol. The van der Waals surface area contributed by atoms with Crippen molar-refractivity contribution in [3.05, 3.63) is 96.6 Å². The molecule has 1 saturated carbocycles. The Morgan fingerprint density at radius 3 is 2.44 bits per heavy atom. The molecule has 0 aromatic heterocycles. The molecule has 2 saturated heterocycles. The first-order valence-electron chi connectivity index (χ1n) is 18.6. The molecule has 2 amide bonds.